The lowest BCUT2D eigenvalue weighted by Crippen LogP contribution is -2.20. The summed E-state index contributed by atoms with van der Waals surface area (Å²) in [5, 5.41) is 2.88. The third-order valence-corrected chi connectivity index (χ3v) is 5.56. The van der Waals surface area contributed by atoms with Gasteiger partial charge >= 0.3 is 0 Å². The number of ether oxygens (including phenoxy) is 1. The number of hydrogen-bond donors (Lipinski definition) is 1. The van der Waals surface area contributed by atoms with E-state index in [2.05, 4.69) is 57.1 Å². The first-order valence-electron chi connectivity index (χ1n) is 11.2. The highest BCUT2D eigenvalue weighted by molar-refractivity contribution is 5.92. The van der Waals surface area contributed by atoms with Crippen LogP contribution in [0, 0.1) is 0 Å². The number of rotatable bonds is 6. The molecule has 0 aliphatic heterocycles. The fraction of sp³-hybridized carbons (Fsp3) is 0.286. The van der Waals surface area contributed by atoms with Gasteiger partial charge in [0, 0.05) is 11.3 Å². The van der Waals surface area contributed by atoms with Crippen LogP contribution < -0.4 is 10.1 Å². The number of hydrogen-bond acceptors (Lipinski definition) is 4. The summed E-state index contributed by atoms with van der Waals surface area (Å²) in [4.78, 5) is 17.1. The Bertz CT molecular complexity index is 1260. The second kappa shape index (κ2) is 9.10. The minimum absolute atomic E-state index is 0.0695. The summed E-state index contributed by atoms with van der Waals surface area (Å²) in [6, 6.07) is 21.4. The molecule has 0 radical (unpaired) electrons. The molecule has 0 aliphatic rings. The number of nitrogens with one attached hydrogen (secondary N) is 1. The van der Waals surface area contributed by atoms with E-state index in [-0.39, 0.29) is 17.9 Å². The molecule has 0 spiro atoms. The van der Waals surface area contributed by atoms with Gasteiger partial charge in [-0.2, -0.15) is 0 Å². The predicted octanol–water partition coefficient (Wildman–Crippen LogP) is 6.93. The van der Waals surface area contributed by atoms with Crippen LogP contribution in [0.2, 0.25) is 0 Å². The van der Waals surface area contributed by atoms with Crippen molar-refractivity contribution in [1.29, 1.82) is 0 Å². The molecule has 5 heteroatoms. The van der Waals surface area contributed by atoms with E-state index in [1.165, 1.54) is 11.1 Å². The van der Waals surface area contributed by atoms with Gasteiger partial charge in [0.25, 0.3) is 5.91 Å². The van der Waals surface area contributed by atoms with Crippen LogP contribution in [0.3, 0.4) is 0 Å². The van der Waals surface area contributed by atoms with E-state index in [0.717, 1.165) is 16.7 Å². The van der Waals surface area contributed by atoms with Crippen molar-refractivity contribution in [3.63, 3.8) is 0 Å². The van der Waals surface area contributed by atoms with Crippen molar-refractivity contribution in [3.8, 4) is 17.2 Å². The van der Waals surface area contributed by atoms with Crippen LogP contribution in [0.1, 0.15) is 51.7 Å². The van der Waals surface area contributed by atoms with Crippen LogP contribution in [-0.2, 0) is 10.2 Å². The molecular weight excluding hydrogens is 412 g/mol. The molecule has 170 valence electrons. The van der Waals surface area contributed by atoms with Gasteiger partial charge in [-0.1, -0.05) is 58.9 Å². The van der Waals surface area contributed by atoms with Crippen molar-refractivity contribution < 1.29 is 13.9 Å². The molecule has 0 fully saturated rings. The number of oxazole rings is 1. The molecular formula is C28H30N2O3. The lowest BCUT2D eigenvalue weighted by Gasteiger charge is -2.19. The average Bonchev–Trinajstić information content (AvgIpc) is 3.21. The first-order valence-corrected chi connectivity index (χ1v) is 11.2. The fourth-order valence-electron chi connectivity index (χ4n) is 3.55. The van der Waals surface area contributed by atoms with Gasteiger partial charge in [-0.3, -0.25) is 4.79 Å². The largest absolute Gasteiger partial charge is 0.484 e. The van der Waals surface area contributed by atoms with Crippen LogP contribution >= 0.6 is 0 Å². The first-order chi connectivity index (χ1) is 15.7. The third-order valence-electron chi connectivity index (χ3n) is 5.56. The molecule has 0 saturated heterocycles. The molecule has 0 unspecified atom stereocenters. The highest BCUT2D eigenvalue weighted by Gasteiger charge is 2.14. The van der Waals surface area contributed by atoms with Crippen LogP contribution in [0.4, 0.5) is 5.69 Å². The Balaban J connectivity index is 1.41. The van der Waals surface area contributed by atoms with Gasteiger partial charge in [0.05, 0.1) is 0 Å². The van der Waals surface area contributed by atoms with Crippen molar-refractivity contribution in [2.75, 3.05) is 11.9 Å². The molecule has 0 atom stereocenters. The Labute approximate surface area is 194 Å². The summed E-state index contributed by atoms with van der Waals surface area (Å²) >= 11 is 0. The summed E-state index contributed by atoms with van der Waals surface area (Å²) in [7, 11) is 0. The third kappa shape index (κ3) is 5.43. The molecule has 33 heavy (non-hydrogen) atoms. The quantitative estimate of drug-likeness (QED) is 0.351. The molecule has 1 heterocycles. The molecule has 3 aromatic carbocycles. The molecule has 1 N–H and O–H groups in total. The molecule has 1 amide bonds. The van der Waals surface area contributed by atoms with Crippen molar-refractivity contribution in [3.05, 3.63) is 77.9 Å². The summed E-state index contributed by atoms with van der Waals surface area (Å²) in [5.74, 6) is 1.38. The van der Waals surface area contributed by atoms with E-state index >= 15 is 0 Å². The number of benzene rings is 3. The van der Waals surface area contributed by atoms with Crippen LogP contribution in [0.15, 0.2) is 71.1 Å². The van der Waals surface area contributed by atoms with E-state index in [9.17, 15) is 4.79 Å². The van der Waals surface area contributed by atoms with Gasteiger partial charge in [-0.15, -0.1) is 0 Å². The SMILES string of the molecule is CC(C)c1ccc2oc(-c3cccc(NC(=O)COc4ccc(C(C)(C)C)cc4)c3)nc2c1. The number of anilines is 1. The standard InChI is InChI=1S/C28H30N2O3/c1-18(2)19-9-14-25-24(16-19)30-27(33-25)20-7-6-8-22(15-20)29-26(31)17-32-23-12-10-21(11-13-23)28(3,4)5/h6-16,18H,17H2,1-5H3,(H,29,31). The molecule has 1 aromatic heterocycles. The zero-order valence-corrected chi connectivity index (χ0v) is 19.8. The normalized spacial score (nSPS) is 11.7. The van der Waals surface area contributed by atoms with E-state index < -0.39 is 0 Å². The summed E-state index contributed by atoms with van der Waals surface area (Å²) < 4.78 is 11.6. The van der Waals surface area contributed by atoms with Crippen LogP contribution in [0.25, 0.3) is 22.6 Å². The van der Waals surface area contributed by atoms with Gasteiger partial charge < -0.3 is 14.5 Å². The predicted molar refractivity (Wildman–Crippen MR) is 133 cm³/mol. The van der Waals surface area contributed by atoms with E-state index in [1.807, 2.05) is 54.6 Å². The van der Waals surface area contributed by atoms with Crippen molar-refractivity contribution >= 4 is 22.7 Å². The van der Waals surface area contributed by atoms with Gasteiger partial charge in [0.1, 0.15) is 11.3 Å². The van der Waals surface area contributed by atoms with Crippen LogP contribution in [-0.4, -0.2) is 17.5 Å². The highest BCUT2D eigenvalue weighted by Crippen LogP contribution is 2.28. The second-order valence-electron chi connectivity index (χ2n) is 9.59. The lowest BCUT2D eigenvalue weighted by atomic mass is 9.87. The number of amides is 1. The van der Waals surface area contributed by atoms with Crippen LogP contribution in [0.5, 0.6) is 5.75 Å². The minimum Gasteiger partial charge on any atom is -0.484 e. The lowest BCUT2D eigenvalue weighted by molar-refractivity contribution is -0.118. The number of carbonyl (C=O) groups excluding carboxylic acids is 1. The monoisotopic (exact) mass is 442 g/mol. The van der Waals surface area contributed by atoms with Crippen molar-refractivity contribution in [1.82, 2.24) is 4.98 Å². The fourth-order valence-corrected chi connectivity index (χ4v) is 3.55. The van der Waals surface area contributed by atoms with Gasteiger partial charge in [0.15, 0.2) is 12.2 Å². The highest BCUT2D eigenvalue weighted by atomic mass is 16.5. The first kappa shape index (κ1) is 22.6. The minimum atomic E-state index is -0.230. The Kier molecular flexibility index (Phi) is 6.23. The van der Waals surface area contributed by atoms with E-state index in [1.54, 1.807) is 0 Å². The number of aromatic nitrogens is 1. The summed E-state index contributed by atoms with van der Waals surface area (Å²) in [6.45, 7) is 10.7. The molecule has 0 aliphatic carbocycles. The smallest absolute Gasteiger partial charge is 0.262 e. The molecule has 4 rings (SSSR count). The zero-order valence-electron chi connectivity index (χ0n) is 19.8. The summed E-state index contributed by atoms with van der Waals surface area (Å²) in [5.41, 5.74) is 5.55. The molecule has 0 bridgehead atoms. The molecule has 4 aromatic rings. The number of fused-ring (bicyclic) bond motifs is 1. The Morgan fingerprint density at radius 2 is 1.79 bits per heavy atom. The van der Waals surface area contributed by atoms with Gasteiger partial charge in [-0.25, -0.2) is 4.98 Å². The summed E-state index contributed by atoms with van der Waals surface area (Å²) in [6.07, 6.45) is 0. The van der Waals surface area contributed by atoms with Crippen molar-refractivity contribution in [2.24, 2.45) is 0 Å². The number of carbonyl (C=O) groups is 1. The van der Waals surface area contributed by atoms with E-state index in [0.29, 0.717) is 23.2 Å². The average molecular weight is 443 g/mol. The topological polar surface area (TPSA) is 64.4 Å². The van der Waals surface area contributed by atoms with Gasteiger partial charge in [0.2, 0.25) is 5.89 Å². The maximum atomic E-state index is 12.4. The number of nitrogens with zero attached hydrogens (tertiary/aromatic N) is 1. The molecule has 0 saturated carbocycles. The maximum absolute atomic E-state index is 12.4. The Morgan fingerprint density at radius 1 is 1.03 bits per heavy atom. The maximum Gasteiger partial charge on any atom is 0.262 e. The van der Waals surface area contributed by atoms with Gasteiger partial charge in [-0.05, 0) is 64.9 Å². The Morgan fingerprint density at radius 3 is 2.48 bits per heavy atom. The zero-order chi connectivity index (χ0) is 23.6. The second-order valence-corrected chi connectivity index (χ2v) is 9.59. The Hall–Kier alpha value is -3.60. The molecule has 5 nitrogen and oxygen atoms in total. The van der Waals surface area contributed by atoms with Crippen molar-refractivity contribution in [2.45, 2.75) is 46.0 Å². The van der Waals surface area contributed by atoms with E-state index in [4.69, 9.17) is 9.15 Å².